The van der Waals surface area contributed by atoms with Gasteiger partial charge in [-0.25, -0.2) is 4.39 Å². The Morgan fingerprint density at radius 2 is 2.04 bits per heavy atom. The molecular weight excluding hydrogens is 389 g/mol. The minimum atomic E-state index is -0.490. The molecule has 8 heteroatoms. The minimum absolute atomic E-state index is 0.174. The molecule has 0 aliphatic rings. The SMILES string of the molecule is CCOc1ccc(-c2nc3sc(=Cc4c(F)cccc4Cl)c(=O)n3n2)cc1. The van der Waals surface area contributed by atoms with Gasteiger partial charge in [-0.3, -0.25) is 4.79 Å². The summed E-state index contributed by atoms with van der Waals surface area (Å²) in [5.41, 5.74) is 0.586. The van der Waals surface area contributed by atoms with Crippen LogP contribution in [0.3, 0.4) is 0 Å². The van der Waals surface area contributed by atoms with Crippen LogP contribution in [-0.4, -0.2) is 21.2 Å². The fraction of sp³-hybridized carbons (Fsp3) is 0.105. The fourth-order valence-corrected chi connectivity index (χ4v) is 3.71. The number of benzene rings is 2. The first-order valence-electron chi connectivity index (χ1n) is 8.15. The Morgan fingerprint density at radius 1 is 1.26 bits per heavy atom. The zero-order valence-corrected chi connectivity index (χ0v) is 15.7. The van der Waals surface area contributed by atoms with Crippen LogP contribution in [0, 0.1) is 5.82 Å². The largest absolute Gasteiger partial charge is 0.494 e. The third-order valence-corrected chi connectivity index (χ3v) is 5.17. The third-order valence-electron chi connectivity index (χ3n) is 3.88. The van der Waals surface area contributed by atoms with Crippen molar-refractivity contribution in [3.63, 3.8) is 0 Å². The molecule has 0 aliphatic heterocycles. The highest BCUT2D eigenvalue weighted by molar-refractivity contribution is 7.15. The molecular formula is C19H13ClFN3O2S. The first kappa shape index (κ1) is 17.6. The number of thiazole rings is 1. The molecule has 0 N–H and O–H groups in total. The Balaban J connectivity index is 1.76. The van der Waals surface area contributed by atoms with Crippen molar-refractivity contribution in [1.82, 2.24) is 14.6 Å². The highest BCUT2D eigenvalue weighted by atomic mass is 35.5. The first-order chi connectivity index (χ1) is 13.1. The molecule has 0 atom stereocenters. The number of nitrogens with zero attached hydrogens (tertiary/aromatic N) is 3. The van der Waals surface area contributed by atoms with Gasteiger partial charge in [0.1, 0.15) is 11.6 Å². The third kappa shape index (κ3) is 3.31. The number of fused-ring (bicyclic) bond motifs is 1. The topological polar surface area (TPSA) is 56.5 Å². The Morgan fingerprint density at radius 3 is 2.70 bits per heavy atom. The second kappa shape index (κ2) is 7.09. The van der Waals surface area contributed by atoms with Crippen LogP contribution in [-0.2, 0) is 0 Å². The Hall–Kier alpha value is -2.77. The minimum Gasteiger partial charge on any atom is -0.494 e. The van der Waals surface area contributed by atoms with E-state index >= 15 is 0 Å². The maximum Gasteiger partial charge on any atom is 0.291 e. The standard InChI is InChI=1S/C19H13ClFN3O2S/c1-2-26-12-8-6-11(7-9-12)17-22-19-24(23-17)18(25)16(27-19)10-13-14(20)4-3-5-15(13)21/h3-10H,2H2,1H3. The second-order valence-corrected chi connectivity index (χ2v) is 7.05. The fourth-order valence-electron chi connectivity index (χ4n) is 2.60. The zero-order valence-electron chi connectivity index (χ0n) is 14.1. The molecule has 0 spiro atoms. The van der Waals surface area contributed by atoms with E-state index in [1.54, 1.807) is 6.07 Å². The van der Waals surface area contributed by atoms with E-state index < -0.39 is 5.82 Å². The van der Waals surface area contributed by atoms with Gasteiger partial charge in [-0.1, -0.05) is 29.0 Å². The van der Waals surface area contributed by atoms with E-state index in [1.807, 2.05) is 31.2 Å². The summed E-state index contributed by atoms with van der Waals surface area (Å²) in [6.45, 7) is 2.50. The van der Waals surface area contributed by atoms with Crippen LogP contribution in [0.15, 0.2) is 47.3 Å². The molecule has 5 nitrogen and oxygen atoms in total. The lowest BCUT2D eigenvalue weighted by Gasteiger charge is -2.02. The van der Waals surface area contributed by atoms with Crippen LogP contribution in [0.1, 0.15) is 12.5 Å². The van der Waals surface area contributed by atoms with Crippen molar-refractivity contribution < 1.29 is 9.13 Å². The smallest absolute Gasteiger partial charge is 0.291 e. The predicted octanol–water partition coefficient (Wildman–Crippen LogP) is 3.56. The van der Waals surface area contributed by atoms with Gasteiger partial charge in [0.15, 0.2) is 5.82 Å². The van der Waals surface area contributed by atoms with Gasteiger partial charge in [0.25, 0.3) is 5.56 Å². The molecule has 0 unspecified atom stereocenters. The van der Waals surface area contributed by atoms with Crippen molar-refractivity contribution in [2.45, 2.75) is 6.92 Å². The zero-order chi connectivity index (χ0) is 19.0. The molecule has 0 radical (unpaired) electrons. The van der Waals surface area contributed by atoms with E-state index in [1.165, 1.54) is 22.7 Å². The summed E-state index contributed by atoms with van der Waals surface area (Å²) in [6, 6.07) is 11.7. The van der Waals surface area contributed by atoms with Crippen molar-refractivity contribution in [1.29, 1.82) is 0 Å². The molecule has 0 saturated carbocycles. The molecule has 0 saturated heterocycles. The van der Waals surface area contributed by atoms with Gasteiger partial charge in [-0.2, -0.15) is 9.50 Å². The molecule has 27 heavy (non-hydrogen) atoms. The van der Waals surface area contributed by atoms with Crippen LogP contribution in [0.2, 0.25) is 5.02 Å². The van der Waals surface area contributed by atoms with Crippen LogP contribution in [0.4, 0.5) is 4.39 Å². The van der Waals surface area contributed by atoms with Crippen LogP contribution < -0.4 is 14.8 Å². The number of ether oxygens (including phenoxy) is 1. The van der Waals surface area contributed by atoms with Crippen molar-refractivity contribution in [2.75, 3.05) is 6.61 Å². The molecule has 4 rings (SSSR count). The van der Waals surface area contributed by atoms with E-state index in [4.69, 9.17) is 16.3 Å². The van der Waals surface area contributed by atoms with Gasteiger partial charge < -0.3 is 4.74 Å². The van der Waals surface area contributed by atoms with E-state index in [9.17, 15) is 9.18 Å². The number of hydrogen-bond donors (Lipinski definition) is 0. The maximum absolute atomic E-state index is 14.0. The predicted molar refractivity (Wildman–Crippen MR) is 104 cm³/mol. The second-order valence-electron chi connectivity index (χ2n) is 5.64. The Kier molecular flexibility index (Phi) is 4.63. The lowest BCUT2D eigenvalue weighted by Crippen LogP contribution is -2.23. The summed E-state index contributed by atoms with van der Waals surface area (Å²) in [5.74, 6) is 0.707. The summed E-state index contributed by atoms with van der Waals surface area (Å²) < 4.78 is 20.9. The summed E-state index contributed by atoms with van der Waals surface area (Å²) in [7, 11) is 0. The molecule has 0 aliphatic carbocycles. The highest BCUT2D eigenvalue weighted by Crippen LogP contribution is 2.21. The van der Waals surface area contributed by atoms with Crippen LogP contribution in [0.25, 0.3) is 22.4 Å². The van der Waals surface area contributed by atoms with Gasteiger partial charge in [0.2, 0.25) is 4.96 Å². The summed E-state index contributed by atoms with van der Waals surface area (Å²) in [6.07, 6.45) is 1.43. The van der Waals surface area contributed by atoms with Crippen molar-refractivity contribution in [3.8, 4) is 17.1 Å². The summed E-state index contributed by atoms with van der Waals surface area (Å²) in [4.78, 5) is 17.4. The van der Waals surface area contributed by atoms with E-state index in [-0.39, 0.29) is 16.1 Å². The van der Waals surface area contributed by atoms with Gasteiger partial charge in [0.05, 0.1) is 16.2 Å². The Labute approximate surface area is 162 Å². The number of aromatic nitrogens is 3. The van der Waals surface area contributed by atoms with Gasteiger partial charge in [-0.15, -0.1) is 5.10 Å². The summed E-state index contributed by atoms with van der Waals surface area (Å²) in [5, 5.41) is 4.52. The monoisotopic (exact) mass is 401 g/mol. The van der Waals surface area contributed by atoms with Crippen molar-refractivity contribution in [2.24, 2.45) is 0 Å². The quantitative estimate of drug-likeness (QED) is 0.524. The van der Waals surface area contributed by atoms with Gasteiger partial charge >= 0.3 is 0 Å². The average Bonchev–Trinajstić information content (AvgIpc) is 3.19. The molecule has 2 aromatic heterocycles. The normalized spacial score (nSPS) is 12.0. The van der Waals surface area contributed by atoms with E-state index in [0.29, 0.717) is 21.9 Å². The molecule has 2 heterocycles. The molecule has 0 fully saturated rings. The first-order valence-corrected chi connectivity index (χ1v) is 9.35. The van der Waals surface area contributed by atoms with E-state index in [2.05, 4.69) is 10.1 Å². The average molecular weight is 402 g/mol. The molecule has 4 aromatic rings. The molecule has 0 bridgehead atoms. The lowest BCUT2D eigenvalue weighted by molar-refractivity contribution is 0.340. The Bertz CT molecular complexity index is 1210. The number of halogens is 2. The number of rotatable bonds is 4. The highest BCUT2D eigenvalue weighted by Gasteiger charge is 2.13. The summed E-state index contributed by atoms with van der Waals surface area (Å²) >= 11 is 7.16. The molecule has 2 aromatic carbocycles. The number of hydrogen-bond acceptors (Lipinski definition) is 5. The lowest BCUT2D eigenvalue weighted by atomic mass is 10.2. The molecule has 0 amide bonds. The van der Waals surface area contributed by atoms with Crippen LogP contribution >= 0.6 is 22.9 Å². The van der Waals surface area contributed by atoms with Gasteiger partial charge in [-0.05, 0) is 49.4 Å². The van der Waals surface area contributed by atoms with Crippen LogP contribution in [0.5, 0.6) is 5.75 Å². The van der Waals surface area contributed by atoms with Crippen molar-refractivity contribution in [3.05, 3.63) is 73.8 Å². The van der Waals surface area contributed by atoms with Crippen molar-refractivity contribution >= 4 is 34.0 Å². The van der Waals surface area contributed by atoms with E-state index in [0.717, 1.165) is 22.6 Å². The molecule has 136 valence electrons. The maximum atomic E-state index is 14.0. The van der Waals surface area contributed by atoms with Gasteiger partial charge in [0, 0.05) is 11.1 Å².